The average Bonchev–Trinajstić information content (AvgIpc) is 2.78. The Labute approximate surface area is 475 Å². The number of fused-ring (bicyclic) bond motifs is 1. The Morgan fingerprint density at radius 1 is 0.646 bits per heavy atom. The molecule has 434 valence electrons. The van der Waals surface area contributed by atoms with Crippen molar-refractivity contribution in [1.82, 2.24) is 4.90 Å². The number of phosphoric ester groups is 3. The number of nitrogens with two attached hydrogens (primary N) is 1. The van der Waals surface area contributed by atoms with E-state index in [1.807, 2.05) is 44.2 Å². The zero-order valence-corrected chi connectivity index (χ0v) is 48.9. The van der Waals surface area contributed by atoms with Gasteiger partial charge in [0.05, 0.1) is 30.8 Å². The van der Waals surface area contributed by atoms with Gasteiger partial charge in [0.2, 0.25) is 0 Å². The first-order valence-electron chi connectivity index (χ1n) is 28.1. The van der Waals surface area contributed by atoms with Crippen molar-refractivity contribution in [3.8, 4) is 0 Å². The lowest BCUT2D eigenvalue weighted by Gasteiger charge is -2.36. The lowest BCUT2D eigenvalue weighted by molar-refractivity contribution is -0.0698. The first-order chi connectivity index (χ1) is 39.3. The number of hydrogen-bond acceptors (Lipinski definition) is 15. The second-order valence-electron chi connectivity index (χ2n) is 22.3. The lowest BCUT2D eigenvalue weighted by atomic mass is 9.82. The molecule has 8 aromatic carbocycles. The molecule has 8 aromatic rings. The second-order valence-corrected chi connectivity index (χ2v) is 26.2. The number of hydrogen-bond donors (Lipinski definition) is 6. The monoisotopic (exact) mass is 1180 g/mol. The first kappa shape index (κ1) is 58.5. The van der Waals surface area contributed by atoms with Crippen molar-refractivity contribution >= 4 is 107 Å². The van der Waals surface area contributed by atoms with Crippen LogP contribution in [0, 0.1) is 11.8 Å². The van der Waals surface area contributed by atoms with Gasteiger partial charge in [-0.15, -0.1) is 0 Å². The molecule has 0 aliphatic carbocycles. The average molecular weight is 1180 g/mol. The van der Waals surface area contributed by atoms with Crippen LogP contribution in [0.5, 0.6) is 0 Å². The van der Waals surface area contributed by atoms with Crippen molar-refractivity contribution < 1.29 is 65.7 Å². The predicted octanol–water partition coefficient (Wildman–Crippen LogP) is 11.7. The number of ether oxygens (including phenoxy) is 1. The number of phosphoric acid groups is 3. The van der Waals surface area contributed by atoms with Crippen molar-refractivity contribution in [2.24, 2.45) is 32.5 Å². The molecule has 9 unspecified atom stereocenters. The molecule has 3 aliphatic heterocycles. The van der Waals surface area contributed by atoms with E-state index in [4.69, 9.17) is 33.1 Å². The van der Waals surface area contributed by atoms with E-state index >= 15 is 0 Å². The SMILES string of the molecule is CCC(CC)(CC(COP(=O)(O)OC1CC(N2C=NC3C(N)=NC=NC32)OC1COP(=O)(O)OC(CC)(CC)CC(CO)Cc1ccc2ccc3cccc4ccc1c2c34)Cc1ccc2ccc3cccc4ccc1c2c34)OP(=O)(O)O. The third-order valence-corrected chi connectivity index (χ3v) is 20.1. The molecule has 82 heavy (non-hydrogen) atoms. The third-order valence-electron chi connectivity index (χ3n) is 17.4. The number of benzene rings is 8. The van der Waals surface area contributed by atoms with Gasteiger partial charge in [-0.25, -0.2) is 23.7 Å². The molecule has 0 radical (unpaired) electrons. The van der Waals surface area contributed by atoms with Crippen LogP contribution in [0.1, 0.15) is 83.8 Å². The second kappa shape index (κ2) is 23.3. The van der Waals surface area contributed by atoms with Gasteiger partial charge in [0.1, 0.15) is 36.7 Å². The molecule has 1 fully saturated rings. The molecule has 0 saturated carbocycles. The summed E-state index contributed by atoms with van der Waals surface area (Å²) in [6, 6.07) is 36.7. The summed E-state index contributed by atoms with van der Waals surface area (Å²) in [7, 11) is -15.0. The summed E-state index contributed by atoms with van der Waals surface area (Å²) in [5.74, 6) is -0.805. The summed E-state index contributed by atoms with van der Waals surface area (Å²) in [5, 5.41) is 24.0. The van der Waals surface area contributed by atoms with Gasteiger partial charge in [0.15, 0.2) is 6.17 Å². The van der Waals surface area contributed by atoms with Gasteiger partial charge in [-0.3, -0.25) is 27.6 Å². The van der Waals surface area contributed by atoms with Gasteiger partial charge in [-0.05, 0) is 139 Å². The van der Waals surface area contributed by atoms with E-state index in [2.05, 4.69) is 93.8 Å². The van der Waals surface area contributed by atoms with Gasteiger partial charge in [-0.1, -0.05) is 137 Å². The van der Waals surface area contributed by atoms with E-state index in [9.17, 15) is 38.4 Å². The van der Waals surface area contributed by atoms with Crippen LogP contribution in [0.4, 0.5) is 0 Å². The zero-order valence-electron chi connectivity index (χ0n) is 46.2. The maximum absolute atomic E-state index is 14.4. The van der Waals surface area contributed by atoms with E-state index in [-0.39, 0.29) is 56.9 Å². The minimum absolute atomic E-state index is 0.0316. The Kier molecular flexibility index (Phi) is 16.6. The Balaban J connectivity index is 0.824. The summed E-state index contributed by atoms with van der Waals surface area (Å²) in [6.07, 6.45) is 0.571. The molecule has 1 saturated heterocycles. The largest absolute Gasteiger partial charge is 0.472 e. The third kappa shape index (κ3) is 11.9. The molecule has 3 aliphatic rings. The van der Waals surface area contributed by atoms with Crippen molar-refractivity contribution in [3.05, 3.63) is 120 Å². The lowest BCUT2D eigenvalue weighted by Crippen LogP contribution is -2.47. The summed E-state index contributed by atoms with van der Waals surface area (Å²) in [6.45, 7) is 5.97. The Hall–Kier alpha value is -5.30. The van der Waals surface area contributed by atoms with E-state index < -0.39 is 84.4 Å². The van der Waals surface area contributed by atoms with Crippen LogP contribution < -0.4 is 5.73 Å². The van der Waals surface area contributed by atoms with Crippen molar-refractivity contribution in [1.29, 1.82) is 0 Å². The minimum atomic E-state index is -5.08. The molecule has 11 rings (SSSR count). The first-order valence-corrected chi connectivity index (χ1v) is 32.6. The molecule has 0 spiro atoms. The van der Waals surface area contributed by atoms with Crippen LogP contribution in [0.3, 0.4) is 0 Å². The van der Waals surface area contributed by atoms with E-state index in [0.717, 1.165) is 70.4 Å². The molecule has 7 N–H and O–H groups in total. The van der Waals surface area contributed by atoms with Crippen LogP contribution >= 0.6 is 23.5 Å². The molecule has 22 heteroatoms. The van der Waals surface area contributed by atoms with Gasteiger partial charge in [-0.2, -0.15) is 0 Å². The number of nitrogens with zero attached hydrogens (tertiary/aromatic N) is 4. The van der Waals surface area contributed by atoms with E-state index in [1.165, 1.54) is 18.1 Å². The Morgan fingerprint density at radius 2 is 1.15 bits per heavy atom. The van der Waals surface area contributed by atoms with Crippen LogP contribution in [0.25, 0.3) is 64.6 Å². The summed E-state index contributed by atoms with van der Waals surface area (Å²) in [5.41, 5.74) is 5.54. The van der Waals surface area contributed by atoms with Crippen molar-refractivity contribution in [3.63, 3.8) is 0 Å². The number of aliphatic hydroxyl groups excluding tert-OH is 1. The van der Waals surface area contributed by atoms with Gasteiger partial charge in [0, 0.05) is 13.0 Å². The highest BCUT2D eigenvalue weighted by molar-refractivity contribution is 7.47. The van der Waals surface area contributed by atoms with E-state index in [1.54, 1.807) is 18.7 Å². The zero-order chi connectivity index (χ0) is 57.8. The fourth-order valence-corrected chi connectivity index (χ4v) is 16.1. The minimum Gasteiger partial charge on any atom is -0.396 e. The highest BCUT2D eigenvalue weighted by Crippen LogP contribution is 2.54. The van der Waals surface area contributed by atoms with Crippen LogP contribution in [-0.4, -0.2) is 110 Å². The fraction of sp³-hybridized carbons (Fsp3) is 0.417. The summed E-state index contributed by atoms with van der Waals surface area (Å²) >= 11 is 0. The van der Waals surface area contributed by atoms with Gasteiger partial charge in [0.25, 0.3) is 0 Å². The standard InChI is InChI=1S/C60H70N5O14P3/c1-5-59(6-2,78-80(67,68)69)31-38(28-46-22-20-44-18-16-40-12-10-14-42-24-26-48(46)55(44)53(40)42)33-74-81(70,71)77-49-29-51(65-36-64-56-57(61)62-35-63-58(56)65)76-50(49)34-75-82(72,73)79-60(7-3,8-4)30-37(32-66)27-45-21-19-43-17-15-39-11-9-13-41-23-25-47(45)54(43)52(39)41/h9-26,35-38,49-51,56,58,66H,5-8,27-34H2,1-4H3,(H,70,71)(H,72,73)(H2,61,62,63)(H2,67,68,69). The normalized spacial score (nSPS) is 22.0. The number of amidine groups is 1. The number of rotatable bonds is 26. The number of aliphatic hydroxyl groups is 1. The molecule has 0 amide bonds. The molecule has 0 aromatic heterocycles. The molecule has 19 nitrogen and oxygen atoms in total. The van der Waals surface area contributed by atoms with Gasteiger partial charge < -0.3 is 40.1 Å². The maximum atomic E-state index is 14.4. The highest BCUT2D eigenvalue weighted by Gasteiger charge is 2.49. The Bertz CT molecular complexity index is 3830. The molecule has 9 atom stereocenters. The quantitative estimate of drug-likeness (QED) is 0.0217. The molecular weight excluding hydrogens is 1110 g/mol. The number of aliphatic imine (C=N–C) groups is 3. The summed E-state index contributed by atoms with van der Waals surface area (Å²) in [4.78, 5) is 58.3. The molecule has 0 bridgehead atoms. The van der Waals surface area contributed by atoms with E-state index in [0.29, 0.717) is 19.3 Å². The fourth-order valence-electron chi connectivity index (χ4n) is 13.0. The predicted molar refractivity (Wildman–Crippen MR) is 320 cm³/mol. The van der Waals surface area contributed by atoms with Crippen LogP contribution in [0.2, 0.25) is 0 Å². The summed E-state index contributed by atoms with van der Waals surface area (Å²) < 4.78 is 77.1. The van der Waals surface area contributed by atoms with Crippen molar-refractivity contribution in [2.75, 3.05) is 19.8 Å². The van der Waals surface area contributed by atoms with Gasteiger partial charge >= 0.3 is 23.5 Å². The van der Waals surface area contributed by atoms with Crippen molar-refractivity contribution in [2.45, 2.75) is 127 Å². The highest BCUT2D eigenvalue weighted by atomic mass is 31.2. The Morgan fingerprint density at radius 3 is 1.68 bits per heavy atom. The van der Waals surface area contributed by atoms with Crippen LogP contribution in [0.15, 0.2) is 124 Å². The van der Waals surface area contributed by atoms with Crippen LogP contribution in [-0.2, 0) is 53.9 Å². The molecular formula is C60H70N5O14P3. The maximum Gasteiger partial charge on any atom is 0.472 e. The topological polar surface area (TPSA) is 274 Å². The smallest absolute Gasteiger partial charge is 0.396 e. The molecule has 3 heterocycles.